The van der Waals surface area contributed by atoms with Gasteiger partial charge in [-0.2, -0.15) is 13.2 Å². The van der Waals surface area contributed by atoms with Gasteiger partial charge < -0.3 is 30.5 Å². The number of nitrogens with two attached hydrogens (primary N) is 1. The lowest BCUT2D eigenvalue weighted by molar-refractivity contribution is -0.192. The number of carboxylic acids is 1. The number of amides is 3. The lowest BCUT2D eigenvalue weighted by Gasteiger charge is -2.30. The molecule has 3 amide bonds. The van der Waals surface area contributed by atoms with Crippen LogP contribution in [0.4, 0.5) is 13.2 Å². The van der Waals surface area contributed by atoms with Crippen molar-refractivity contribution in [2.75, 3.05) is 6.54 Å². The van der Waals surface area contributed by atoms with Gasteiger partial charge in [-0.05, 0) is 95.4 Å². The quantitative estimate of drug-likeness (QED) is 0.203. The fourth-order valence-corrected chi connectivity index (χ4v) is 9.18. The van der Waals surface area contributed by atoms with Crippen LogP contribution in [0.25, 0.3) is 22.6 Å². The molecule has 5 N–H and O–H groups in total. The Bertz CT molecular complexity index is 2350. The molecule has 0 radical (unpaired) electrons. The number of ether oxygens (including phenoxy) is 2. The first-order valence-corrected chi connectivity index (χ1v) is 22.6. The molecule has 3 fully saturated rings. The van der Waals surface area contributed by atoms with E-state index in [0.29, 0.717) is 42.1 Å². The number of pyridine rings is 1. The number of aromatic nitrogens is 3. The number of fused-ring (bicyclic) bond motifs is 2. The number of rotatable bonds is 9. The van der Waals surface area contributed by atoms with Crippen LogP contribution in [-0.4, -0.2) is 104 Å². The number of hydrogen-bond donors (Lipinski definition) is 4. The van der Waals surface area contributed by atoms with Gasteiger partial charge in [0, 0.05) is 42.4 Å². The minimum Gasteiger partial charge on any atom is -0.491 e. The maximum Gasteiger partial charge on any atom is 0.490 e. The molecule has 1 aromatic carbocycles. The Kier molecular flexibility index (Phi) is 14.1. The number of benzene rings is 1. The standard InChI is InChI=1S/C42H53N7O7S.C2HF3O2/c1-25(2)55-30-12-10-28(11-13-30)33-19-31(20-34(46-33)35-23-44-16-17-45-35)56-32-21-36-38(50)47-42(40(52)48-57(53,54)41(5)14-15-41)22-29(42)9-7-6-8-26(3)18-27(4)37(43)39(51)49(36)24-32;3-2(4,5)1(6)7/h7,9-13,16-17,19-20,23,25-27,29,32,36-37H,6,8,14-15,18,21-22,24,43H2,1-5H3,(H,47,50)(H,48,52);(H,6,7)/t26?,27-,29-,32-,36+,37+,42-;/m1./s1. The van der Waals surface area contributed by atoms with Gasteiger partial charge >= 0.3 is 12.1 Å². The molecule has 0 spiro atoms. The van der Waals surface area contributed by atoms with Crippen molar-refractivity contribution in [2.45, 2.75) is 120 Å². The van der Waals surface area contributed by atoms with Crippen LogP contribution in [0.5, 0.6) is 11.5 Å². The summed E-state index contributed by atoms with van der Waals surface area (Å²) in [5, 5.41) is 10.1. The van der Waals surface area contributed by atoms with Crippen LogP contribution < -0.4 is 25.2 Å². The molecule has 2 saturated carbocycles. The van der Waals surface area contributed by atoms with E-state index < -0.39 is 68.4 Å². The molecule has 1 saturated heterocycles. The predicted octanol–water partition coefficient (Wildman–Crippen LogP) is 5.19. The summed E-state index contributed by atoms with van der Waals surface area (Å²) in [6, 6.07) is 9.20. The third kappa shape index (κ3) is 11.2. The fourth-order valence-electron chi connectivity index (χ4n) is 7.87. The highest BCUT2D eigenvalue weighted by molar-refractivity contribution is 7.91. The van der Waals surface area contributed by atoms with Gasteiger partial charge in [0.1, 0.15) is 34.9 Å². The molecule has 20 heteroatoms. The molecule has 2 aromatic heterocycles. The summed E-state index contributed by atoms with van der Waals surface area (Å²) < 4.78 is 71.8. The van der Waals surface area contributed by atoms with Gasteiger partial charge in [0.05, 0.1) is 41.0 Å². The van der Waals surface area contributed by atoms with Crippen LogP contribution in [0.3, 0.4) is 0 Å². The summed E-state index contributed by atoms with van der Waals surface area (Å²) in [6.07, 6.45) is 6.47. The molecule has 64 heavy (non-hydrogen) atoms. The van der Waals surface area contributed by atoms with E-state index >= 15 is 0 Å². The van der Waals surface area contributed by atoms with Crippen molar-refractivity contribution in [2.24, 2.45) is 23.5 Å². The Labute approximate surface area is 369 Å². The highest BCUT2D eigenvalue weighted by atomic mass is 32.2. The van der Waals surface area contributed by atoms with E-state index in [1.165, 1.54) is 4.90 Å². The minimum atomic E-state index is -5.08. The number of nitrogens with one attached hydrogen (secondary N) is 2. The number of carbonyl (C=O) groups excluding carboxylic acids is 3. The molecule has 4 heterocycles. The number of allylic oxidation sites excluding steroid dienone is 1. The zero-order valence-corrected chi connectivity index (χ0v) is 37.0. The molecule has 346 valence electrons. The van der Waals surface area contributed by atoms with E-state index in [1.54, 1.807) is 37.6 Å². The number of hydrogen-bond acceptors (Lipinski definition) is 12. The van der Waals surface area contributed by atoms with Crippen molar-refractivity contribution in [3.05, 3.63) is 67.1 Å². The third-order valence-corrected chi connectivity index (χ3v) is 14.2. The van der Waals surface area contributed by atoms with Crippen LogP contribution in [0.2, 0.25) is 0 Å². The topological polar surface area (TPSA) is 233 Å². The zero-order chi connectivity index (χ0) is 46.8. The summed E-state index contributed by atoms with van der Waals surface area (Å²) in [7, 11) is -3.97. The number of sulfonamides is 1. The zero-order valence-electron chi connectivity index (χ0n) is 36.2. The normalized spacial score (nSPS) is 26.8. The van der Waals surface area contributed by atoms with Gasteiger partial charge in [-0.1, -0.05) is 26.0 Å². The molecule has 2 aliphatic heterocycles. The van der Waals surface area contributed by atoms with Gasteiger partial charge in [-0.15, -0.1) is 0 Å². The minimum absolute atomic E-state index is 0.0159. The first-order valence-electron chi connectivity index (χ1n) is 21.2. The number of nitrogens with zero attached hydrogens (tertiary/aromatic N) is 4. The molecule has 4 aliphatic rings. The van der Waals surface area contributed by atoms with Crippen molar-refractivity contribution in [3.8, 4) is 34.1 Å². The molecule has 2 aliphatic carbocycles. The van der Waals surface area contributed by atoms with Crippen molar-refractivity contribution < 1.29 is 55.3 Å². The number of carbonyl (C=O) groups is 4. The Morgan fingerprint density at radius 3 is 2.31 bits per heavy atom. The van der Waals surface area contributed by atoms with E-state index in [0.717, 1.165) is 24.2 Å². The van der Waals surface area contributed by atoms with E-state index in [-0.39, 0.29) is 43.2 Å². The maximum atomic E-state index is 14.4. The van der Waals surface area contributed by atoms with Crippen LogP contribution in [0.1, 0.15) is 79.6 Å². The van der Waals surface area contributed by atoms with Crippen LogP contribution >= 0.6 is 0 Å². The van der Waals surface area contributed by atoms with Gasteiger partial charge in [0.15, 0.2) is 0 Å². The maximum absolute atomic E-state index is 14.4. The summed E-state index contributed by atoms with van der Waals surface area (Å²) in [4.78, 5) is 66.5. The fraction of sp³-hybridized carbons (Fsp3) is 0.523. The summed E-state index contributed by atoms with van der Waals surface area (Å²) in [5.41, 5.74) is 7.62. The summed E-state index contributed by atoms with van der Waals surface area (Å²) in [5.74, 6) is -3.64. The Morgan fingerprint density at radius 2 is 1.70 bits per heavy atom. The summed E-state index contributed by atoms with van der Waals surface area (Å²) >= 11 is 0. The molecule has 3 aromatic rings. The molecular formula is C44H54F3N7O9S. The van der Waals surface area contributed by atoms with Crippen molar-refractivity contribution >= 4 is 33.7 Å². The van der Waals surface area contributed by atoms with E-state index in [2.05, 4.69) is 26.9 Å². The SMILES string of the molecule is CC1CCC=C[C@@H]2C[C@@]2(C(=O)NS(=O)(=O)C2(C)CC2)NC(=O)[C@@H]2C[C@@H](Oc3cc(-c4ccc(OC(C)C)cc4)nc(-c4cnccn4)c3)CN2C(=O)[C@@H](N)[C@H](C)C1.O=C(O)C(F)(F)F. The monoisotopic (exact) mass is 913 g/mol. The Hall–Kier alpha value is -5.63. The highest BCUT2D eigenvalue weighted by Crippen LogP contribution is 2.47. The molecule has 1 unspecified atom stereocenters. The van der Waals surface area contributed by atoms with Crippen LogP contribution in [-0.2, 0) is 29.2 Å². The molecule has 0 bridgehead atoms. The van der Waals surface area contributed by atoms with E-state index in [4.69, 9.17) is 30.1 Å². The molecular weight excluding hydrogens is 860 g/mol. The van der Waals surface area contributed by atoms with Gasteiger partial charge in [0.25, 0.3) is 5.91 Å². The number of aliphatic carboxylic acids is 1. The van der Waals surface area contributed by atoms with Crippen LogP contribution in [0, 0.1) is 17.8 Å². The predicted molar refractivity (Wildman–Crippen MR) is 228 cm³/mol. The van der Waals surface area contributed by atoms with Crippen molar-refractivity contribution in [1.29, 1.82) is 0 Å². The number of alkyl halides is 3. The van der Waals surface area contributed by atoms with Gasteiger partial charge in [-0.3, -0.25) is 29.1 Å². The second-order valence-corrected chi connectivity index (χ2v) is 19.8. The Balaban J connectivity index is 0.000000898. The first-order chi connectivity index (χ1) is 30.0. The second kappa shape index (κ2) is 18.8. The molecule has 16 nitrogen and oxygen atoms in total. The summed E-state index contributed by atoms with van der Waals surface area (Å²) in [6.45, 7) is 9.66. The number of halogens is 3. The average molecular weight is 914 g/mol. The van der Waals surface area contributed by atoms with E-state index in [9.17, 15) is 36.0 Å². The first kappa shape index (κ1) is 47.8. The Morgan fingerprint density at radius 1 is 1.03 bits per heavy atom. The van der Waals surface area contributed by atoms with Gasteiger partial charge in [0.2, 0.25) is 21.8 Å². The molecule has 7 rings (SSSR count). The second-order valence-electron chi connectivity index (χ2n) is 17.6. The largest absolute Gasteiger partial charge is 0.491 e. The van der Waals surface area contributed by atoms with Crippen molar-refractivity contribution in [1.82, 2.24) is 29.9 Å². The van der Waals surface area contributed by atoms with Crippen LogP contribution in [0.15, 0.2) is 67.1 Å². The lowest BCUT2D eigenvalue weighted by atomic mass is 9.88. The average Bonchev–Trinajstić information content (AvgIpc) is 4.12. The number of carboxylic acid groups (broad SMARTS) is 1. The smallest absolute Gasteiger partial charge is 0.490 e. The highest BCUT2D eigenvalue weighted by Gasteiger charge is 2.63. The van der Waals surface area contributed by atoms with Crippen molar-refractivity contribution in [3.63, 3.8) is 0 Å². The third-order valence-electron chi connectivity index (χ3n) is 12.0. The van der Waals surface area contributed by atoms with E-state index in [1.807, 2.05) is 57.2 Å². The van der Waals surface area contributed by atoms with Gasteiger partial charge in [-0.25, -0.2) is 18.2 Å². The molecule has 7 atom stereocenters. The lowest BCUT2D eigenvalue weighted by Crippen LogP contribution is -2.58.